The molecule has 2 aromatic rings. The van der Waals surface area contributed by atoms with Gasteiger partial charge in [-0.1, -0.05) is 48.1 Å². The summed E-state index contributed by atoms with van der Waals surface area (Å²) < 4.78 is 5.91. The second-order valence-electron chi connectivity index (χ2n) is 9.89. The molecule has 11 heteroatoms. The van der Waals surface area contributed by atoms with E-state index in [4.69, 9.17) is 16.3 Å². The van der Waals surface area contributed by atoms with Gasteiger partial charge in [0.2, 0.25) is 5.91 Å². The van der Waals surface area contributed by atoms with Crippen LogP contribution in [0.15, 0.2) is 71.8 Å². The SMILES string of the molecule is C=CC(=O)N1CC[C@@H](NC(=O)C2=C3NC(=O)N(c4ccc(Oc5ccccc5)c(Cl)c4)C4CCNC(S2)C34)C1. The van der Waals surface area contributed by atoms with Gasteiger partial charge in [-0.25, -0.2) is 4.79 Å². The van der Waals surface area contributed by atoms with E-state index >= 15 is 0 Å². The minimum atomic E-state index is -0.295. The maximum atomic E-state index is 13.5. The van der Waals surface area contributed by atoms with E-state index in [2.05, 4.69) is 22.5 Å². The standard InChI is InChI=1S/C28H28ClN5O4S/c1-2-22(35)33-13-11-16(15-33)31-26(36)25-24-23-20(10-12-30-27(23)39-25)34(28(37)32-24)17-8-9-21(19(29)14-17)38-18-6-4-3-5-7-18/h2-9,14,16,20,23,27,30H,1,10-13,15H2,(H,31,36)(H,32,37)/t16-,20?,23?,27?/m1/s1. The first-order valence-corrected chi connectivity index (χ1v) is 14.2. The van der Waals surface area contributed by atoms with Crippen LogP contribution in [-0.4, -0.2) is 59.8 Å². The van der Waals surface area contributed by atoms with E-state index in [0.29, 0.717) is 52.3 Å². The molecule has 0 aliphatic carbocycles. The normalized spacial score (nSPS) is 25.7. The molecule has 3 unspecified atom stereocenters. The molecule has 3 N–H and O–H groups in total. The second-order valence-corrected chi connectivity index (χ2v) is 11.5. The van der Waals surface area contributed by atoms with Crippen molar-refractivity contribution in [1.82, 2.24) is 20.9 Å². The Morgan fingerprint density at radius 1 is 1.18 bits per heavy atom. The van der Waals surface area contributed by atoms with Gasteiger partial charge in [0.15, 0.2) is 0 Å². The Bertz CT molecular complexity index is 1370. The first-order valence-electron chi connectivity index (χ1n) is 12.9. The highest BCUT2D eigenvalue weighted by Crippen LogP contribution is 2.48. The largest absolute Gasteiger partial charge is 0.456 e. The van der Waals surface area contributed by atoms with Crippen LogP contribution in [-0.2, 0) is 9.59 Å². The second kappa shape index (κ2) is 10.6. The van der Waals surface area contributed by atoms with E-state index in [9.17, 15) is 14.4 Å². The number of para-hydroxylation sites is 1. The van der Waals surface area contributed by atoms with Crippen LogP contribution in [0.3, 0.4) is 0 Å². The molecule has 4 amide bonds. The molecule has 0 aromatic heterocycles. The van der Waals surface area contributed by atoms with Crippen molar-refractivity contribution in [2.75, 3.05) is 24.5 Å². The molecular weight excluding hydrogens is 538 g/mol. The van der Waals surface area contributed by atoms with Gasteiger partial charge in [-0.3, -0.25) is 14.5 Å². The molecule has 0 spiro atoms. The predicted octanol–water partition coefficient (Wildman–Crippen LogP) is 3.83. The molecule has 4 aliphatic rings. The third-order valence-corrected chi connectivity index (χ3v) is 9.17. The molecule has 39 heavy (non-hydrogen) atoms. The number of halogens is 1. The van der Waals surface area contributed by atoms with Crippen LogP contribution in [0.2, 0.25) is 5.02 Å². The predicted molar refractivity (Wildman–Crippen MR) is 151 cm³/mol. The molecule has 3 saturated heterocycles. The molecule has 4 atom stereocenters. The van der Waals surface area contributed by atoms with Gasteiger partial charge in [-0.2, -0.15) is 0 Å². The van der Waals surface area contributed by atoms with E-state index in [-0.39, 0.29) is 41.2 Å². The number of likely N-dealkylation sites (tertiary alicyclic amines) is 1. The van der Waals surface area contributed by atoms with Gasteiger partial charge in [0.05, 0.1) is 21.3 Å². The first kappa shape index (κ1) is 25.8. The third-order valence-electron chi connectivity index (χ3n) is 7.52. The van der Waals surface area contributed by atoms with Crippen molar-refractivity contribution in [2.24, 2.45) is 5.92 Å². The summed E-state index contributed by atoms with van der Waals surface area (Å²) in [5.74, 6) is 0.737. The summed E-state index contributed by atoms with van der Waals surface area (Å²) in [6, 6.07) is 14.1. The lowest BCUT2D eigenvalue weighted by molar-refractivity contribution is -0.125. The summed E-state index contributed by atoms with van der Waals surface area (Å²) >= 11 is 8.04. The summed E-state index contributed by atoms with van der Waals surface area (Å²) in [7, 11) is 0. The number of rotatable bonds is 6. The molecule has 3 fully saturated rings. The Labute approximate surface area is 235 Å². The Balaban J connectivity index is 1.21. The molecule has 202 valence electrons. The van der Waals surface area contributed by atoms with Gasteiger partial charge in [-0.15, -0.1) is 0 Å². The molecule has 0 radical (unpaired) electrons. The van der Waals surface area contributed by atoms with Crippen LogP contribution in [0.25, 0.3) is 0 Å². The molecule has 4 aliphatic heterocycles. The average molecular weight is 566 g/mol. The minimum Gasteiger partial charge on any atom is -0.456 e. The Kier molecular flexibility index (Phi) is 7.01. The molecule has 0 bridgehead atoms. The van der Waals surface area contributed by atoms with Gasteiger partial charge in [0.1, 0.15) is 11.5 Å². The van der Waals surface area contributed by atoms with Gasteiger partial charge >= 0.3 is 6.03 Å². The van der Waals surface area contributed by atoms with Crippen molar-refractivity contribution in [3.05, 3.63) is 76.8 Å². The quantitative estimate of drug-likeness (QED) is 0.460. The van der Waals surface area contributed by atoms with E-state index in [1.54, 1.807) is 21.9 Å². The van der Waals surface area contributed by atoms with Crippen molar-refractivity contribution < 1.29 is 19.1 Å². The number of carbonyl (C=O) groups is 3. The maximum absolute atomic E-state index is 13.5. The van der Waals surface area contributed by atoms with E-state index in [1.165, 1.54) is 17.8 Å². The van der Waals surface area contributed by atoms with Crippen LogP contribution in [0, 0.1) is 5.92 Å². The molecular formula is C28H28ClN5O4S. The van der Waals surface area contributed by atoms with Crippen molar-refractivity contribution in [3.63, 3.8) is 0 Å². The summed E-state index contributed by atoms with van der Waals surface area (Å²) in [5, 5.41) is 9.94. The number of urea groups is 1. The van der Waals surface area contributed by atoms with Crippen LogP contribution in [0.4, 0.5) is 10.5 Å². The van der Waals surface area contributed by atoms with Crippen molar-refractivity contribution >= 4 is 46.9 Å². The fourth-order valence-corrected chi connectivity index (χ4v) is 7.33. The number of hydrogen-bond acceptors (Lipinski definition) is 6. The zero-order chi connectivity index (χ0) is 27.1. The van der Waals surface area contributed by atoms with Crippen molar-refractivity contribution in [2.45, 2.75) is 30.3 Å². The number of thioether (sulfide) groups is 1. The minimum absolute atomic E-state index is 0.0406. The molecule has 6 rings (SSSR count). The number of nitrogens with one attached hydrogen (secondary N) is 3. The Morgan fingerprint density at radius 3 is 2.77 bits per heavy atom. The van der Waals surface area contributed by atoms with E-state index < -0.39 is 0 Å². The molecule has 4 heterocycles. The first-order chi connectivity index (χ1) is 18.9. The van der Waals surface area contributed by atoms with Gasteiger partial charge in [0, 0.05) is 36.4 Å². The van der Waals surface area contributed by atoms with Gasteiger partial charge in [-0.05, 0) is 55.8 Å². The van der Waals surface area contributed by atoms with Crippen LogP contribution in [0.1, 0.15) is 12.8 Å². The highest BCUT2D eigenvalue weighted by molar-refractivity contribution is 8.04. The summed E-state index contributed by atoms with van der Waals surface area (Å²) in [5.41, 5.74) is 1.33. The molecule has 2 aromatic carbocycles. The third kappa shape index (κ3) is 4.88. The fourth-order valence-electron chi connectivity index (χ4n) is 5.72. The van der Waals surface area contributed by atoms with Gasteiger partial charge < -0.3 is 25.6 Å². The number of ether oxygens (including phenoxy) is 1. The molecule has 9 nitrogen and oxygen atoms in total. The Morgan fingerprint density at radius 2 is 2.00 bits per heavy atom. The maximum Gasteiger partial charge on any atom is 0.326 e. The van der Waals surface area contributed by atoms with E-state index in [1.807, 2.05) is 36.4 Å². The number of anilines is 1. The monoisotopic (exact) mass is 565 g/mol. The zero-order valence-corrected chi connectivity index (χ0v) is 22.6. The van der Waals surface area contributed by atoms with Crippen LogP contribution in [0.5, 0.6) is 11.5 Å². The number of benzene rings is 2. The lowest BCUT2D eigenvalue weighted by Crippen LogP contribution is -2.62. The number of carbonyl (C=O) groups excluding carboxylic acids is 3. The molecule has 0 saturated carbocycles. The van der Waals surface area contributed by atoms with Gasteiger partial charge in [0.25, 0.3) is 5.91 Å². The summed E-state index contributed by atoms with van der Waals surface area (Å²) in [6.07, 6.45) is 2.70. The van der Waals surface area contributed by atoms with Crippen molar-refractivity contribution in [3.8, 4) is 11.5 Å². The summed E-state index contributed by atoms with van der Waals surface area (Å²) in [4.78, 5) is 42.7. The number of piperidine rings is 1. The summed E-state index contributed by atoms with van der Waals surface area (Å²) in [6.45, 7) is 5.28. The highest BCUT2D eigenvalue weighted by Gasteiger charge is 2.52. The topological polar surface area (TPSA) is 103 Å². The number of amides is 4. The number of hydrogen-bond donors (Lipinski definition) is 3. The average Bonchev–Trinajstić information content (AvgIpc) is 3.56. The van der Waals surface area contributed by atoms with Crippen LogP contribution >= 0.6 is 23.4 Å². The van der Waals surface area contributed by atoms with Crippen LogP contribution < -0.4 is 25.6 Å². The highest BCUT2D eigenvalue weighted by atomic mass is 35.5. The van der Waals surface area contributed by atoms with E-state index in [0.717, 1.165) is 13.0 Å². The fraction of sp³-hybridized carbons (Fsp3) is 0.321. The number of nitrogens with zero attached hydrogens (tertiary/aromatic N) is 2. The lowest BCUT2D eigenvalue weighted by Gasteiger charge is -2.45. The van der Waals surface area contributed by atoms with Crippen molar-refractivity contribution in [1.29, 1.82) is 0 Å². The smallest absolute Gasteiger partial charge is 0.326 e. The zero-order valence-electron chi connectivity index (χ0n) is 21.1. The Hall–Kier alpha value is -3.47. The lowest BCUT2D eigenvalue weighted by atomic mass is 9.86.